The SMILES string of the molecule is CCCC1(CN(C)CC2CCCN2C)CCNCC1. The van der Waals surface area contributed by atoms with E-state index in [1.54, 1.807) is 0 Å². The Morgan fingerprint density at radius 1 is 1.32 bits per heavy atom. The van der Waals surface area contributed by atoms with Gasteiger partial charge in [-0.3, -0.25) is 0 Å². The van der Waals surface area contributed by atoms with Crippen LogP contribution >= 0.6 is 0 Å². The van der Waals surface area contributed by atoms with Crippen LogP contribution in [0.15, 0.2) is 0 Å². The molecule has 0 aromatic rings. The second-order valence-corrected chi connectivity index (χ2v) is 6.97. The summed E-state index contributed by atoms with van der Waals surface area (Å²) in [5.41, 5.74) is 0.589. The first-order valence-electron chi connectivity index (χ1n) is 8.25. The molecule has 1 N–H and O–H groups in total. The van der Waals surface area contributed by atoms with Gasteiger partial charge in [-0.2, -0.15) is 0 Å². The van der Waals surface area contributed by atoms with Crippen molar-refractivity contribution >= 4 is 0 Å². The highest BCUT2D eigenvalue weighted by atomic mass is 15.2. The molecule has 112 valence electrons. The number of hydrogen-bond acceptors (Lipinski definition) is 3. The molecule has 2 aliphatic heterocycles. The van der Waals surface area contributed by atoms with E-state index >= 15 is 0 Å². The van der Waals surface area contributed by atoms with Gasteiger partial charge in [-0.1, -0.05) is 13.3 Å². The second kappa shape index (κ2) is 7.05. The predicted molar refractivity (Wildman–Crippen MR) is 82.6 cm³/mol. The van der Waals surface area contributed by atoms with Crippen molar-refractivity contribution in [2.45, 2.75) is 51.5 Å². The molecule has 2 fully saturated rings. The maximum atomic E-state index is 3.52. The minimum atomic E-state index is 0.589. The van der Waals surface area contributed by atoms with Gasteiger partial charge in [0.1, 0.15) is 0 Å². The van der Waals surface area contributed by atoms with Crippen molar-refractivity contribution < 1.29 is 0 Å². The normalized spacial score (nSPS) is 28.1. The molecule has 0 radical (unpaired) electrons. The highest BCUT2D eigenvalue weighted by Gasteiger charge is 2.33. The number of piperidine rings is 1. The molecule has 0 aromatic carbocycles. The Bertz CT molecular complexity index is 255. The van der Waals surface area contributed by atoms with E-state index in [0.29, 0.717) is 5.41 Å². The molecule has 0 spiro atoms. The fourth-order valence-electron chi connectivity index (χ4n) is 4.18. The van der Waals surface area contributed by atoms with E-state index in [1.165, 1.54) is 71.2 Å². The third kappa shape index (κ3) is 4.17. The molecule has 19 heavy (non-hydrogen) atoms. The molecular formula is C16H33N3. The minimum absolute atomic E-state index is 0.589. The first-order valence-corrected chi connectivity index (χ1v) is 8.25. The molecule has 0 bridgehead atoms. The lowest BCUT2D eigenvalue weighted by atomic mass is 9.75. The van der Waals surface area contributed by atoms with E-state index in [1.807, 2.05) is 0 Å². The lowest BCUT2D eigenvalue weighted by Gasteiger charge is -2.41. The Morgan fingerprint density at radius 2 is 2.05 bits per heavy atom. The van der Waals surface area contributed by atoms with Crippen molar-refractivity contribution in [1.29, 1.82) is 0 Å². The van der Waals surface area contributed by atoms with Crippen LogP contribution in [-0.2, 0) is 0 Å². The smallest absolute Gasteiger partial charge is 0.0220 e. The fourth-order valence-corrected chi connectivity index (χ4v) is 4.18. The monoisotopic (exact) mass is 267 g/mol. The third-order valence-electron chi connectivity index (χ3n) is 5.24. The van der Waals surface area contributed by atoms with Crippen molar-refractivity contribution in [3.05, 3.63) is 0 Å². The zero-order valence-electron chi connectivity index (χ0n) is 13.2. The lowest BCUT2D eigenvalue weighted by Crippen LogP contribution is -2.46. The van der Waals surface area contributed by atoms with Crippen LogP contribution in [0.4, 0.5) is 0 Å². The van der Waals surface area contributed by atoms with Gasteiger partial charge >= 0.3 is 0 Å². The van der Waals surface area contributed by atoms with Crippen molar-refractivity contribution in [3.8, 4) is 0 Å². The van der Waals surface area contributed by atoms with Crippen molar-refractivity contribution in [1.82, 2.24) is 15.1 Å². The van der Waals surface area contributed by atoms with E-state index in [4.69, 9.17) is 0 Å². The van der Waals surface area contributed by atoms with Crippen LogP contribution in [0.1, 0.15) is 45.4 Å². The topological polar surface area (TPSA) is 18.5 Å². The average Bonchev–Trinajstić information content (AvgIpc) is 2.76. The average molecular weight is 267 g/mol. The van der Waals surface area contributed by atoms with Gasteiger partial charge in [-0.15, -0.1) is 0 Å². The molecule has 2 rings (SSSR count). The summed E-state index contributed by atoms with van der Waals surface area (Å²) in [4.78, 5) is 5.17. The second-order valence-electron chi connectivity index (χ2n) is 6.97. The van der Waals surface area contributed by atoms with E-state index < -0.39 is 0 Å². The number of likely N-dealkylation sites (tertiary alicyclic amines) is 1. The molecule has 1 atom stereocenters. The molecule has 0 saturated carbocycles. The minimum Gasteiger partial charge on any atom is -0.317 e. The number of hydrogen-bond donors (Lipinski definition) is 1. The molecule has 2 saturated heterocycles. The van der Waals surface area contributed by atoms with Crippen molar-refractivity contribution in [2.24, 2.45) is 5.41 Å². The number of likely N-dealkylation sites (N-methyl/N-ethyl adjacent to an activating group) is 2. The molecule has 1 unspecified atom stereocenters. The highest BCUT2D eigenvalue weighted by Crippen LogP contribution is 2.35. The third-order valence-corrected chi connectivity index (χ3v) is 5.24. The number of nitrogens with zero attached hydrogens (tertiary/aromatic N) is 2. The van der Waals surface area contributed by atoms with Gasteiger partial charge in [0.05, 0.1) is 0 Å². The first kappa shape index (κ1) is 15.3. The van der Waals surface area contributed by atoms with E-state index in [0.717, 1.165) is 6.04 Å². The maximum Gasteiger partial charge on any atom is 0.0220 e. The summed E-state index contributed by atoms with van der Waals surface area (Å²) in [5, 5.41) is 3.52. The van der Waals surface area contributed by atoms with Crippen LogP contribution in [0.2, 0.25) is 0 Å². The van der Waals surface area contributed by atoms with Gasteiger partial charge in [0.25, 0.3) is 0 Å². The summed E-state index contributed by atoms with van der Waals surface area (Å²) in [6.07, 6.45) is 8.25. The number of rotatable bonds is 6. The predicted octanol–water partition coefficient (Wildman–Crippen LogP) is 2.18. The van der Waals surface area contributed by atoms with Crippen LogP contribution in [-0.4, -0.2) is 62.7 Å². The quantitative estimate of drug-likeness (QED) is 0.796. The van der Waals surface area contributed by atoms with Gasteiger partial charge in [-0.05, 0) is 71.2 Å². The summed E-state index contributed by atoms with van der Waals surface area (Å²) in [6, 6.07) is 0.797. The molecule has 3 nitrogen and oxygen atoms in total. The van der Waals surface area contributed by atoms with Gasteiger partial charge < -0.3 is 15.1 Å². The highest BCUT2D eigenvalue weighted by molar-refractivity contribution is 4.88. The van der Waals surface area contributed by atoms with Gasteiger partial charge in [0.2, 0.25) is 0 Å². The molecule has 0 amide bonds. The van der Waals surface area contributed by atoms with E-state index in [-0.39, 0.29) is 0 Å². The van der Waals surface area contributed by atoms with Gasteiger partial charge in [0.15, 0.2) is 0 Å². The summed E-state index contributed by atoms with van der Waals surface area (Å²) in [6.45, 7) is 8.63. The summed E-state index contributed by atoms with van der Waals surface area (Å²) >= 11 is 0. The molecular weight excluding hydrogens is 234 g/mol. The van der Waals surface area contributed by atoms with Crippen LogP contribution in [0.5, 0.6) is 0 Å². The summed E-state index contributed by atoms with van der Waals surface area (Å²) in [7, 11) is 4.63. The van der Waals surface area contributed by atoms with Crippen LogP contribution in [0.25, 0.3) is 0 Å². The van der Waals surface area contributed by atoms with E-state index in [2.05, 4.69) is 36.1 Å². The van der Waals surface area contributed by atoms with Crippen molar-refractivity contribution in [3.63, 3.8) is 0 Å². The standard InChI is InChI=1S/C16H33N3/c1-4-7-16(8-10-17-11-9-16)14-18(2)13-15-6-5-12-19(15)3/h15,17H,4-14H2,1-3H3. The zero-order chi connectivity index (χ0) is 13.7. The molecule has 0 aromatic heterocycles. The van der Waals surface area contributed by atoms with Crippen LogP contribution in [0.3, 0.4) is 0 Å². The molecule has 2 heterocycles. The maximum absolute atomic E-state index is 3.52. The van der Waals surface area contributed by atoms with Gasteiger partial charge in [-0.25, -0.2) is 0 Å². The largest absolute Gasteiger partial charge is 0.317 e. The lowest BCUT2D eigenvalue weighted by molar-refractivity contribution is 0.101. The Hall–Kier alpha value is -0.120. The molecule has 0 aliphatic carbocycles. The number of nitrogens with one attached hydrogen (secondary N) is 1. The van der Waals surface area contributed by atoms with Crippen molar-refractivity contribution in [2.75, 3.05) is 46.8 Å². The molecule has 2 aliphatic rings. The van der Waals surface area contributed by atoms with Crippen LogP contribution < -0.4 is 5.32 Å². The Labute approximate surface area is 119 Å². The Kier molecular flexibility index (Phi) is 5.67. The fraction of sp³-hybridized carbons (Fsp3) is 1.00. The summed E-state index contributed by atoms with van der Waals surface area (Å²) in [5.74, 6) is 0. The summed E-state index contributed by atoms with van der Waals surface area (Å²) < 4.78 is 0. The Morgan fingerprint density at radius 3 is 2.63 bits per heavy atom. The van der Waals surface area contributed by atoms with E-state index in [9.17, 15) is 0 Å². The zero-order valence-corrected chi connectivity index (χ0v) is 13.2. The van der Waals surface area contributed by atoms with Crippen LogP contribution in [0, 0.1) is 5.41 Å². The Balaban J connectivity index is 1.85. The van der Waals surface area contributed by atoms with Gasteiger partial charge in [0, 0.05) is 19.1 Å². The first-order chi connectivity index (χ1) is 9.15. The molecule has 3 heteroatoms.